The molecular weight excluding hydrogens is 347 g/mol. The number of rotatable bonds is 4. The van der Waals surface area contributed by atoms with Crippen LogP contribution in [0.2, 0.25) is 5.02 Å². The molecule has 1 amide bonds. The van der Waals surface area contributed by atoms with E-state index in [9.17, 15) is 4.79 Å². The molecule has 0 saturated heterocycles. The highest BCUT2D eigenvalue weighted by molar-refractivity contribution is 6.30. The van der Waals surface area contributed by atoms with Gasteiger partial charge < -0.3 is 10.6 Å². The quantitative estimate of drug-likeness (QED) is 0.776. The van der Waals surface area contributed by atoms with Crippen LogP contribution in [-0.4, -0.2) is 29.2 Å². The average Bonchev–Trinajstić information content (AvgIpc) is 2.97. The minimum Gasteiger partial charge on any atom is -0.350 e. The fourth-order valence-corrected chi connectivity index (χ4v) is 2.93. The number of H-pyrrole nitrogens is 1. The Morgan fingerprint density at radius 2 is 2.04 bits per heavy atom. The van der Waals surface area contributed by atoms with Crippen LogP contribution >= 0.6 is 24.0 Å². The molecule has 1 aromatic carbocycles. The number of fused-ring (bicyclic) bond motifs is 1. The lowest BCUT2D eigenvalue weighted by atomic mass is 9.84. The summed E-state index contributed by atoms with van der Waals surface area (Å²) >= 11 is 5.94. The highest BCUT2D eigenvalue weighted by atomic mass is 35.5. The molecule has 0 atom stereocenters. The maximum atomic E-state index is 12.5. The Kier molecular flexibility index (Phi) is 5.91. The van der Waals surface area contributed by atoms with Gasteiger partial charge in [0.15, 0.2) is 5.69 Å². The highest BCUT2D eigenvalue weighted by Gasteiger charge is 2.25. The maximum Gasteiger partial charge on any atom is 0.272 e. The Hall–Kier alpha value is -1.56. The van der Waals surface area contributed by atoms with Crippen LogP contribution in [0.3, 0.4) is 0 Å². The predicted molar refractivity (Wildman–Crippen MR) is 98.1 cm³/mol. The van der Waals surface area contributed by atoms with Crippen molar-refractivity contribution >= 4 is 29.9 Å². The molecule has 0 fully saturated rings. The van der Waals surface area contributed by atoms with E-state index in [2.05, 4.69) is 34.7 Å². The number of halogens is 2. The Balaban J connectivity index is 0.00000208. The first-order valence-electron chi connectivity index (χ1n) is 7.78. The smallest absolute Gasteiger partial charge is 0.272 e. The van der Waals surface area contributed by atoms with Crippen LogP contribution in [0.5, 0.6) is 0 Å². The summed E-state index contributed by atoms with van der Waals surface area (Å²) in [6, 6.07) is 7.73. The highest BCUT2D eigenvalue weighted by Crippen LogP contribution is 2.24. The van der Waals surface area contributed by atoms with Crippen LogP contribution in [0.25, 0.3) is 0 Å². The summed E-state index contributed by atoms with van der Waals surface area (Å²) in [6.07, 6.45) is 0.881. The Labute approximate surface area is 153 Å². The third kappa shape index (κ3) is 3.91. The van der Waals surface area contributed by atoms with Gasteiger partial charge >= 0.3 is 0 Å². The van der Waals surface area contributed by atoms with E-state index in [0.29, 0.717) is 23.8 Å². The molecule has 130 valence electrons. The third-order valence-corrected chi connectivity index (χ3v) is 4.59. The molecule has 1 aliphatic heterocycles. The van der Waals surface area contributed by atoms with Crippen LogP contribution < -0.4 is 10.6 Å². The lowest BCUT2D eigenvalue weighted by molar-refractivity contribution is 0.0939. The fraction of sp³-hybridized carbons (Fsp3) is 0.412. The normalized spacial score (nSPS) is 13.8. The fourth-order valence-electron chi connectivity index (χ4n) is 2.80. The molecule has 2 heterocycles. The van der Waals surface area contributed by atoms with Gasteiger partial charge in [0.25, 0.3) is 5.91 Å². The Morgan fingerprint density at radius 1 is 1.33 bits per heavy atom. The van der Waals surface area contributed by atoms with Crippen LogP contribution in [0.15, 0.2) is 24.3 Å². The van der Waals surface area contributed by atoms with E-state index >= 15 is 0 Å². The van der Waals surface area contributed by atoms with Gasteiger partial charge in [-0.15, -0.1) is 12.4 Å². The second-order valence-corrected chi connectivity index (χ2v) is 6.97. The lowest BCUT2D eigenvalue weighted by Crippen LogP contribution is -2.37. The van der Waals surface area contributed by atoms with Gasteiger partial charge in [-0.05, 0) is 17.7 Å². The molecule has 24 heavy (non-hydrogen) atoms. The second-order valence-electron chi connectivity index (χ2n) is 6.53. The van der Waals surface area contributed by atoms with Gasteiger partial charge in [0.05, 0.1) is 0 Å². The van der Waals surface area contributed by atoms with Gasteiger partial charge in [-0.1, -0.05) is 37.6 Å². The molecular formula is C17H22Cl2N4O. The van der Waals surface area contributed by atoms with Crippen molar-refractivity contribution in [1.29, 1.82) is 0 Å². The number of carbonyl (C=O) groups is 1. The first-order chi connectivity index (χ1) is 11.0. The molecule has 0 saturated carbocycles. The zero-order valence-corrected chi connectivity index (χ0v) is 15.4. The number of aromatic amines is 1. The van der Waals surface area contributed by atoms with Crippen LogP contribution in [0.1, 0.15) is 41.2 Å². The minimum absolute atomic E-state index is 0. The van der Waals surface area contributed by atoms with Crippen molar-refractivity contribution in [3.05, 3.63) is 51.8 Å². The van der Waals surface area contributed by atoms with E-state index in [-0.39, 0.29) is 23.7 Å². The molecule has 3 rings (SSSR count). The summed E-state index contributed by atoms with van der Waals surface area (Å²) < 4.78 is 0. The van der Waals surface area contributed by atoms with Gasteiger partial charge in [0.2, 0.25) is 0 Å². The molecule has 0 radical (unpaired) electrons. The Morgan fingerprint density at radius 3 is 2.75 bits per heavy atom. The third-order valence-electron chi connectivity index (χ3n) is 4.34. The predicted octanol–water partition coefficient (Wildman–Crippen LogP) is 2.84. The molecule has 0 bridgehead atoms. The number of carbonyl (C=O) groups excluding carboxylic acids is 1. The van der Waals surface area contributed by atoms with Gasteiger partial charge in [-0.3, -0.25) is 9.89 Å². The van der Waals surface area contributed by atoms with E-state index in [4.69, 9.17) is 11.6 Å². The molecule has 1 aliphatic rings. The number of benzene rings is 1. The Bertz CT molecular complexity index is 710. The van der Waals surface area contributed by atoms with Crippen molar-refractivity contribution in [1.82, 2.24) is 20.8 Å². The van der Waals surface area contributed by atoms with Crippen LogP contribution in [-0.2, 0) is 18.4 Å². The topological polar surface area (TPSA) is 69.8 Å². The number of hydrogen-bond acceptors (Lipinski definition) is 3. The maximum absolute atomic E-state index is 12.5. The number of nitrogens with one attached hydrogen (secondary N) is 3. The number of aromatic nitrogens is 2. The van der Waals surface area contributed by atoms with Gasteiger partial charge in [0.1, 0.15) is 0 Å². The monoisotopic (exact) mass is 368 g/mol. The second kappa shape index (κ2) is 7.55. The summed E-state index contributed by atoms with van der Waals surface area (Å²) in [5.41, 5.74) is 3.49. The van der Waals surface area contributed by atoms with Crippen molar-refractivity contribution in [3.8, 4) is 0 Å². The summed E-state index contributed by atoms with van der Waals surface area (Å²) in [6.45, 7) is 6.33. The molecule has 0 aliphatic carbocycles. The van der Waals surface area contributed by atoms with E-state index < -0.39 is 0 Å². The zero-order valence-electron chi connectivity index (χ0n) is 13.8. The van der Waals surface area contributed by atoms with Crippen molar-refractivity contribution in [3.63, 3.8) is 0 Å². The van der Waals surface area contributed by atoms with E-state index in [1.165, 1.54) is 0 Å². The van der Waals surface area contributed by atoms with Crippen LogP contribution in [0.4, 0.5) is 0 Å². The zero-order chi connectivity index (χ0) is 16.4. The van der Waals surface area contributed by atoms with E-state index in [1.807, 2.05) is 24.3 Å². The minimum atomic E-state index is -0.186. The standard InChI is InChI=1S/C17H21ClN4O.ClH/c1-17(2,11-3-5-12(18)6-4-11)10-20-16(23)15-13-9-19-8-7-14(13)21-22-15;/h3-6,19H,7-10H2,1-2H3,(H,20,23)(H,21,22);1H. The molecule has 1 aromatic heterocycles. The summed E-state index contributed by atoms with van der Waals surface area (Å²) in [4.78, 5) is 12.5. The van der Waals surface area contributed by atoms with E-state index in [0.717, 1.165) is 29.8 Å². The lowest BCUT2D eigenvalue weighted by Gasteiger charge is -2.25. The van der Waals surface area contributed by atoms with Crippen molar-refractivity contribution in [2.24, 2.45) is 0 Å². The molecule has 2 aromatic rings. The largest absolute Gasteiger partial charge is 0.350 e. The number of amides is 1. The number of hydrogen-bond donors (Lipinski definition) is 3. The summed E-state index contributed by atoms with van der Waals surface area (Å²) in [5, 5.41) is 14.2. The van der Waals surface area contributed by atoms with Crippen LogP contribution in [0, 0.1) is 0 Å². The van der Waals surface area contributed by atoms with Crippen molar-refractivity contribution in [2.45, 2.75) is 32.2 Å². The molecule has 3 N–H and O–H groups in total. The van der Waals surface area contributed by atoms with Gasteiger partial charge in [0, 0.05) is 47.8 Å². The van der Waals surface area contributed by atoms with Crippen molar-refractivity contribution in [2.75, 3.05) is 13.1 Å². The van der Waals surface area contributed by atoms with Gasteiger partial charge in [-0.2, -0.15) is 5.10 Å². The summed E-state index contributed by atoms with van der Waals surface area (Å²) in [7, 11) is 0. The van der Waals surface area contributed by atoms with Crippen molar-refractivity contribution < 1.29 is 4.79 Å². The molecule has 0 unspecified atom stereocenters. The molecule has 7 heteroatoms. The number of nitrogens with zero attached hydrogens (tertiary/aromatic N) is 1. The molecule has 0 spiro atoms. The van der Waals surface area contributed by atoms with Gasteiger partial charge in [-0.25, -0.2) is 0 Å². The first kappa shape index (κ1) is 18.8. The molecule has 5 nitrogen and oxygen atoms in total. The average molecular weight is 369 g/mol. The summed E-state index contributed by atoms with van der Waals surface area (Å²) in [5.74, 6) is -0.131. The van der Waals surface area contributed by atoms with E-state index in [1.54, 1.807) is 0 Å². The SMILES string of the molecule is CC(C)(CNC(=O)c1n[nH]c2c1CNCC2)c1ccc(Cl)cc1.Cl. The first-order valence-corrected chi connectivity index (χ1v) is 8.16.